The highest BCUT2D eigenvalue weighted by atomic mass is 32.7. The van der Waals surface area contributed by atoms with Gasteiger partial charge in [-0.2, -0.15) is 0 Å². The smallest absolute Gasteiger partial charge is 0.200 e. The van der Waals surface area contributed by atoms with Gasteiger partial charge in [-0.05, 0) is 6.42 Å². The molecule has 4 aromatic heterocycles. The van der Waals surface area contributed by atoms with E-state index in [9.17, 15) is 14.6 Å². The van der Waals surface area contributed by atoms with Gasteiger partial charge in [0.15, 0.2) is 35.4 Å². The molecule has 296 valence electrons. The lowest BCUT2D eigenvalue weighted by Crippen LogP contribution is -2.39. The van der Waals surface area contributed by atoms with Crippen LogP contribution in [0.15, 0.2) is 25.3 Å². The van der Waals surface area contributed by atoms with Gasteiger partial charge in [0.2, 0.25) is 6.80 Å². The summed E-state index contributed by atoms with van der Waals surface area (Å²) in [7, 11) is 0. The van der Waals surface area contributed by atoms with Gasteiger partial charge in [-0.25, -0.2) is 29.9 Å². The Hall–Kier alpha value is -2.43. The largest absolute Gasteiger partial charge is 0.780 e. The number of aliphatic hydroxyl groups is 1. The number of hydrogen-bond donors (Lipinski definition) is 3. The third-order valence-electron chi connectivity index (χ3n) is 9.52. The maximum Gasteiger partial charge on any atom is 0.200 e. The number of nitrogens with zero attached hydrogens (tertiary/aromatic N) is 8. The molecule has 4 aromatic rings. The zero-order valence-corrected chi connectivity index (χ0v) is 32.7. The molecule has 0 spiro atoms. The Bertz CT molecular complexity index is 2010. The molecule has 20 nitrogen and oxygen atoms in total. The average molecular weight is 829 g/mol. The quantitative estimate of drug-likeness (QED) is 0.105. The molecule has 24 heteroatoms. The zero-order chi connectivity index (χ0) is 38.0. The van der Waals surface area contributed by atoms with Crippen LogP contribution in [-0.4, -0.2) is 101 Å². The van der Waals surface area contributed by atoms with Crippen LogP contribution < -0.4 is 16.4 Å². The Morgan fingerprint density at radius 2 is 1.43 bits per heavy atom. The summed E-state index contributed by atoms with van der Waals surface area (Å²) in [5.41, 5.74) is 13.2. The fourth-order valence-electron chi connectivity index (χ4n) is 6.82. The minimum Gasteiger partial charge on any atom is -0.780 e. The van der Waals surface area contributed by atoms with Gasteiger partial charge in [-0.3, -0.25) is 13.7 Å². The zero-order valence-electron chi connectivity index (χ0n) is 29.3. The van der Waals surface area contributed by atoms with E-state index in [0.29, 0.717) is 17.8 Å². The van der Waals surface area contributed by atoms with Crippen LogP contribution in [0.1, 0.15) is 70.7 Å². The lowest BCUT2D eigenvalue weighted by atomic mass is 10.1. The van der Waals surface area contributed by atoms with Gasteiger partial charge in [-0.15, -0.1) is 0 Å². The number of fused-ring (bicyclic) bond motifs is 5. The number of aromatic nitrogens is 8. The van der Waals surface area contributed by atoms with E-state index in [4.69, 9.17) is 67.8 Å². The molecule has 7 rings (SSSR count). The third kappa shape index (κ3) is 8.61. The molecule has 2 bridgehead atoms. The molecule has 3 aliphatic rings. The summed E-state index contributed by atoms with van der Waals surface area (Å²) in [6.07, 6.45) is 4.35. The van der Waals surface area contributed by atoms with Crippen molar-refractivity contribution in [2.45, 2.75) is 107 Å². The van der Waals surface area contributed by atoms with Gasteiger partial charge in [0.25, 0.3) is 0 Å². The second-order valence-corrected chi connectivity index (χ2v) is 18.6. The number of ether oxygens (including phenoxy) is 3. The lowest BCUT2D eigenvalue weighted by Gasteiger charge is -2.35. The standard InChI is InChI=1S/C30H44N10O10P2S2/c1-2-3-4-5-6-7-8-9-10-44-24-22-18(48-30(24)40-16-38-20-26(32)34-14-36-28(20)40)12-46-52(43,54)50-23-21(41)17(11-45-51(42,53)49-22)47-29(23)39-15-37-19-25(31)33-13-35-27(19)39/h13-18,21-24,29-30,41H,2-12H2,1H3,(H,42,53)(H,43,54)(H2,31,33,35)(H2,32,34,36)/p-2/t17-,18-,21-,22-,23-,24-,29-,30-,51?,52?/m1/s1. The molecule has 54 heavy (non-hydrogen) atoms. The molecule has 0 amide bonds. The lowest BCUT2D eigenvalue weighted by molar-refractivity contribution is -0.218. The first-order chi connectivity index (χ1) is 26.0. The van der Waals surface area contributed by atoms with Crippen LogP contribution in [0, 0.1) is 0 Å². The highest BCUT2D eigenvalue weighted by Crippen LogP contribution is 2.54. The van der Waals surface area contributed by atoms with Crippen molar-refractivity contribution < 1.29 is 46.9 Å². The van der Waals surface area contributed by atoms with E-state index < -0.39 is 75.8 Å². The predicted octanol–water partition coefficient (Wildman–Crippen LogP) is 2.57. The van der Waals surface area contributed by atoms with E-state index in [1.54, 1.807) is 4.57 Å². The number of nitrogens with two attached hydrogens (primary N) is 2. The molecular formula is C30H42N10O10P2S2-2. The monoisotopic (exact) mass is 828 g/mol. The van der Waals surface area contributed by atoms with Crippen LogP contribution in [0.4, 0.5) is 11.6 Å². The first-order valence-electron chi connectivity index (χ1n) is 17.7. The summed E-state index contributed by atoms with van der Waals surface area (Å²) in [5, 5.41) is 11.3. The number of hydrogen-bond acceptors (Lipinski definition) is 20. The van der Waals surface area contributed by atoms with Crippen LogP contribution in [0.25, 0.3) is 22.3 Å². The Labute approximate surface area is 320 Å². The maximum atomic E-state index is 13.9. The van der Waals surface area contributed by atoms with Crippen molar-refractivity contribution in [2.75, 3.05) is 31.3 Å². The molecular weight excluding hydrogens is 786 g/mol. The number of nitrogen functional groups attached to an aromatic ring is 2. The summed E-state index contributed by atoms with van der Waals surface area (Å²) in [4.78, 5) is 39.0. The number of rotatable bonds is 12. The molecule has 0 aliphatic carbocycles. The van der Waals surface area contributed by atoms with Crippen LogP contribution >= 0.6 is 13.5 Å². The highest BCUT2D eigenvalue weighted by molar-refractivity contribution is 8.32. The maximum absolute atomic E-state index is 13.9. The molecule has 7 heterocycles. The van der Waals surface area contributed by atoms with Crippen LogP contribution in [0.5, 0.6) is 0 Å². The molecule has 3 saturated heterocycles. The number of aliphatic hydroxyl groups excluding tert-OH is 1. The van der Waals surface area contributed by atoms with Crippen LogP contribution in [0.2, 0.25) is 0 Å². The predicted molar refractivity (Wildman–Crippen MR) is 197 cm³/mol. The third-order valence-corrected chi connectivity index (χ3v) is 12.6. The Morgan fingerprint density at radius 1 is 0.852 bits per heavy atom. The molecule has 0 saturated carbocycles. The van der Waals surface area contributed by atoms with Gasteiger partial charge in [0.05, 0.1) is 25.9 Å². The second kappa shape index (κ2) is 17.0. The minimum atomic E-state index is -4.43. The van der Waals surface area contributed by atoms with Crippen LogP contribution in [-0.2, 0) is 60.9 Å². The summed E-state index contributed by atoms with van der Waals surface area (Å²) < 4.78 is 59.1. The molecule has 0 aromatic carbocycles. The summed E-state index contributed by atoms with van der Waals surface area (Å²) in [5.74, 6) is 0.252. The van der Waals surface area contributed by atoms with Gasteiger partial charge in [0.1, 0.15) is 67.0 Å². The highest BCUT2D eigenvalue weighted by Gasteiger charge is 2.52. The summed E-state index contributed by atoms with van der Waals surface area (Å²) in [6, 6.07) is 0. The van der Waals surface area contributed by atoms with Crippen molar-refractivity contribution in [3.05, 3.63) is 25.3 Å². The Balaban J connectivity index is 1.15. The van der Waals surface area contributed by atoms with E-state index in [1.807, 2.05) is 0 Å². The van der Waals surface area contributed by atoms with E-state index in [2.05, 4.69) is 36.8 Å². The van der Waals surface area contributed by atoms with Crippen molar-refractivity contribution in [3.63, 3.8) is 0 Å². The second-order valence-electron chi connectivity index (χ2n) is 13.2. The molecule has 3 aliphatic heterocycles. The first-order valence-corrected chi connectivity index (χ1v) is 22.8. The van der Waals surface area contributed by atoms with Crippen molar-refractivity contribution in [2.24, 2.45) is 0 Å². The van der Waals surface area contributed by atoms with E-state index in [1.165, 1.54) is 55.6 Å². The minimum absolute atomic E-state index is 0.0994. The molecule has 2 unspecified atom stereocenters. The van der Waals surface area contributed by atoms with Gasteiger partial charge >= 0.3 is 0 Å². The number of anilines is 2. The van der Waals surface area contributed by atoms with Crippen molar-refractivity contribution >= 4 is 71.5 Å². The first kappa shape index (κ1) is 39.8. The van der Waals surface area contributed by atoms with E-state index in [0.717, 1.165) is 25.7 Å². The number of unbranched alkanes of at least 4 members (excludes halogenated alkanes) is 7. The van der Waals surface area contributed by atoms with Crippen molar-refractivity contribution in [3.8, 4) is 0 Å². The van der Waals surface area contributed by atoms with Crippen molar-refractivity contribution in [1.82, 2.24) is 39.0 Å². The molecule has 10 atom stereocenters. The summed E-state index contributed by atoms with van der Waals surface area (Å²) in [6.45, 7) is -7.34. The van der Waals surface area contributed by atoms with Gasteiger partial charge < -0.3 is 66.0 Å². The van der Waals surface area contributed by atoms with E-state index in [-0.39, 0.29) is 22.8 Å². The molecule has 5 N–H and O–H groups in total. The SMILES string of the molecule is CCCCCCCCCCO[C@@H]1[C@@H]2OP([O-])(=S)OC[C@H]3O[C@@H](n4cnc5c(N)ncnc54)[C@H](OP(=O)([S-])OC[C@H]2O[C@H]1n1cnc2c(N)ncnc21)[C@@H]3O. The fraction of sp³-hybridized carbons (Fsp3) is 0.667. The normalized spacial score (nSPS) is 33.4. The fourth-order valence-corrected chi connectivity index (χ4v) is 9.64. The van der Waals surface area contributed by atoms with Gasteiger partial charge in [0, 0.05) is 6.61 Å². The van der Waals surface area contributed by atoms with Crippen molar-refractivity contribution in [1.29, 1.82) is 0 Å². The van der Waals surface area contributed by atoms with Crippen LogP contribution in [0.3, 0.4) is 0 Å². The Kier molecular flexibility index (Phi) is 12.5. The summed E-state index contributed by atoms with van der Waals surface area (Å²) >= 11 is 10.7. The Morgan fingerprint density at radius 3 is 2.07 bits per heavy atom. The average Bonchev–Trinajstić information content (AvgIpc) is 3.91. The number of imidazole rings is 2. The molecule has 3 fully saturated rings. The molecule has 0 radical (unpaired) electrons. The van der Waals surface area contributed by atoms with Gasteiger partial charge in [-0.1, -0.05) is 63.7 Å². The topological polar surface area (TPSA) is 264 Å². The van der Waals surface area contributed by atoms with E-state index >= 15 is 0 Å².